The van der Waals surface area contributed by atoms with Gasteiger partial charge in [-0.25, -0.2) is 19.3 Å². The summed E-state index contributed by atoms with van der Waals surface area (Å²) < 4.78 is 23.3. The number of nitrogens with two attached hydrogens (primary N) is 1. The van der Waals surface area contributed by atoms with Gasteiger partial charge in [0.05, 0.1) is 5.39 Å². The lowest BCUT2D eigenvalue weighted by molar-refractivity contribution is -0.112. The molecule has 0 saturated carbocycles. The number of aromatic nitrogens is 4. The zero-order valence-electron chi connectivity index (χ0n) is 22.9. The lowest BCUT2D eigenvalue weighted by atomic mass is 10.0. The molecule has 5 aromatic rings. The van der Waals surface area contributed by atoms with Crippen molar-refractivity contribution in [3.8, 4) is 22.8 Å². The molecule has 0 atom stereocenters. The van der Waals surface area contributed by atoms with Crippen LogP contribution in [0.1, 0.15) is 18.2 Å². The zero-order chi connectivity index (χ0) is 28.8. The Morgan fingerprint density at radius 3 is 2.66 bits per heavy atom. The van der Waals surface area contributed by atoms with Gasteiger partial charge in [0.15, 0.2) is 11.6 Å². The van der Waals surface area contributed by atoms with Crippen LogP contribution in [0.3, 0.4) is 0 Å². The molecule has 3 aromatic heterocycles. The number of amides is 1. The Balaban J connectivity index is 1.48. The molecule has 1 aliphatic rings. The number of hydrogen-bond donors (Lipinski definition) is 2. The predicted octanol–water partition coefficient (Wildman–Crippen LogP) is 6.29. The molecule has 0 saturated heterocycles. The van der Waals surface area contributed by atoms with Gasteiger partial charge in [-0.2, -0.15) is 0 Å². The number of anilines is 4. The molecule has 6 rings (SSSR count). The Kier molecular flexibility index (Phi) is 6.37. The second kappa shape index (κ2) is 10.1. The molecular formula is C31H28FN7O2. The Bertz CT molecular complexity index is 1860. The number of fused-ring (bicyclic) bond motifs is 3. The molecule has 1 aliphatic heterocycles. The van der Waals surface area contributed by atoms with Crippen molar-refractivity contribution in [1.29, 1.82) is 0 Å². The highest BCUT2D eigenvalue weighted by Gasteiger charge is 2.32. The van der Waals surface area contributed by atoms with Crippen LogP contribution < -0.4 is 20.7 Å². The Labute approximate surface area is 236 Å². The molecule has 3 N–H and O–H groups in total. The van der Waals surface area contributed by atoms with E-state index in [-0.39, 0.29) is 11.7 Å². The summed E-state index contributed by atoms with van der Waals surface area (Å²) in [7, 11) is 0. The number of pyridine rings is 1. The molecule has 9 nitrogen and oxygen atoms in total. The van der Waals surface area contributed by atoms with Gasteiger partial charge in [0, 0.05) is 47.4 Å². The fourth-order valence-corrected chi connectivity index (χ4v) is 5.19. The summed E-state index contributed by atoms with van der Waals surface area (Å²) in [6.45, 7) is 10.5. The van der Waals surface area contributed by atoms with E-state index >= 15 is 4.39 Å². The maximum atomic E-state index is 15.5. The van der Waals surface area contributed by atoms with Crippen molar-refractivity contribution < 1.29 is 13.9 Å². The molecule has 0 aliphatic carbocycles. The van der Waals surface area contributed by atoms with Crippen molar-refractivity contribution in [1.82, 2.24) is 19.5 Å². The van der Waals surface area contributed by atoms with Crippen molar-refractivity contribution >= 4 is 40.0 Å². The predicted molar refractivity (Wildman–Crippen MR) is 158 cm³/mol. The largest absolute Gasteiger partial charge is 0.436 e. The quantitative estimate of drug-likeness (QED) is 0.240. The van der Waals surface area contributed by atoms with Gasteiger partial charge in [0.1, 0.15) is 23.6 Å². The second-order valence-corrected chi connectivity index (χ2v) is 10.0. The number of nitrogens with one attached hydrogen (secondary N) is 1. The van der Waals surface area contributed by atoms with Crippen LogP contribution in [0.25, 0.3) is 22.2 Å². The van der Waals surface area contributed by atoms with Crippen LogP contribution in [0, 0.1) is 19.7 Å². The van der Waals surface area contributed by atoms with Crippen LogP contribution >= 0.6 is 0 Å². The molecule has 4 heterocycles. The van der Waals surface area contributed by atoms with Gasteiger partial charge in [-0.05, 0) is 62.2 Å². The van der Waals surface area contributed by atoms with E-state index in [9.17, 15) is 4.79 Å². The lowest BCUT2D eigenvalue weighted by Crippen LogP contribution is -2.18. The molecule has 1 amide bonds. The van der Waals surface area contributed by atoms with Crippen molar-refractivity contribution in [3.63, 3.8) is 0 Å². The third-order valence-corrected chi connectivity index (χ3v) is 7.17. The van der Waals surface area contributed by atoms with Gasteiger partial charge in [-0.1, -0.05) is 24.8 Å². The molecular weight excluding hydrogens is 521 g/mol. The molecule has 0 spiro atoms. The first-order valence-corrected chi connectivity index (χ1v) is 13.1. The summed E-state index contributed by atoms with van der Waals surface area (Å²) >= 11 is 0. The molecule has 0 bridgehead atoms. The SMILES string of the molecule is C=C(C)C(=O)Nc1cccc(N2CCn3c2c(-c2ccc(Oc4cccc(C)n4)c(F)c2)c2c(N)ncnc23)c1C. The van der Waals surface area contributed by atoms with E-state index in [0.717, 1.165) is 22.8 Å². The molecule has 2 aromatic carbocycles. The number of nitrogens with zero attached hydrogens (tertiary/aromatic N) is 5. The third kappa shape index (κ3) is 4.53. The first kappa shape index (κ1) is 26.0. The van der Waals surface area contributed by atoms with Crippen molar-refractivity contribution in [2.75, 3.05) is 22.5 Å². The van der Waals surface area contributed by atoms with Gasteiger partial charge >= 0.3 is 0 Å². The van der Waals surface area contributed by atoms with E-state index in [1.54, 1.807) is 31.2 Å². The number of ether oxygens (including phenoxy) is 1. The van der Waals surface area contributed by atoms with Crippen LogP contribution in [-0.4, -0.2) is 32.0 Å². The van der Waals surface area contributed by atoms with Gasteiger partial charge in [0.25, 0.3) is 5.91 Å². The monoisotopic (exact) mass is 549 g/mol. The summed E-state index contributed by atoms with van der Waals surface area (Å²) in [6.07, 6.45) is 1.43. The number of hydrogen-bond acceptors (Lipinski definition) is 7. The van der Waals surface area contributed by atoms with E-state index in [1.165, 1.54) is 12.4 Å². The van der Waals surface area contributed by atoms with Crippen LogP contribution in [0.2, 0.25) is 0 Å². The van der Waals surface area contributed by atoms with Gasteiger partial charge in [-0.15, -0.1) is 0 Å². The number of rotatable bonds is 6. The van der Waals surface area contributed by atoms with Crippen LogP contribution in [0.5, 0.6) is 11.6 Å². The topological polar surface area (TPSA) is 111 Å². The summed E-state index contributed by atoms with van der Waals surface area (Å²) in [6, 6.07) is 15.9. The molecule has 206 valence electrons. The van der Waals surface area contributed by atoms with E-state index in [4.69, 9.17) is 10.5 Å². The van der Waals surface area contributed by atoms with E-state index in [0.29, 0.717) is 58.2 Å². The minimum atomic E-state index is -0.542. The maximum absolute atomic E-state index is 15.5. The van der Waals surface area contributed by atoms with Gasteiger partial charge in [-0.3, -0.25) is 4.79 Å². The van der Waals surface area contributed by atoms with Crippen molar-refractivity contribution in [2.45, 2.75) is 27.3 Å². The summed E-state index contributed by atoms with van der Waals surface area (Å²) in [5.74, 6) is 0.695. The molecule has 0 radical (unpaired) electrons. The average molecular weight is 550 g/mol. The zero-order valence-corrected chi connectivity index (χ0v) is 22.9. The maximum Gasteiger partial charge on any atom is 0.250 e. The van der Waals surface area contributed by atoms with Gasteiger partial charge < -0.3 is 25.3 Å². The highest BCUT2D eigenvalue weighted by atomic mass is 19.1. The van der Waals surface area contributed by atoms with Crippen LogP contribution in [-0.2, 0) is 11.3 Å². The Morgan fingerprint density at radius 2 is 1.90 bits per heavy atom. The minimum Gasteiger partial charge on any atom is -0.436 e. The molecule has 0 fully saturated rings. The number of carbonyl (C=O) groups is 1. The number of benzene rings is 2. The fourth-order valence-electron chi connectivity index (χ4n) is 5.19. The van der Waals surface area contributed by atoms with E-state index < -0.39 is 5.82 Å². The van der Waals surface area contributed by atoms with E-state index in [1.807, 2.05) is 38.1 Å². The summed E-state index contributed by atoms with van der Waals surface area (Å²) in [5, 5.41) is 3.58. The molecule has 0 unspecified atom stereocenters. The Hall–Kier alpha value is -5.25. The van der Waals surface area contributed by atoms with Gasteiger partial charge in [0.2, 0.25) is 5.88 Å². The van der Waals surface area contributed by atoms with Crippen molar-refractivity contribution in [3.05, 3.63) is 90.2 Å². The second-order valence-electron chi connectivity index (χ2n) is 10.0. The number of aryl methyl sites for hydroxylation is 1. The average Bonchev–Trinajstić information content (AvgIpc) is 3.50. The smallest absolute Gasteiger partial charge is 0.250 e. The number of halogens is 1. The normalized spacial score (nSPS) is 12.4. The minimum absolute atomic E-state index is 0.0601. The van der Waals surface area contributed by atoms with Crippen LogP contribution in [0.4, 0.5) is 27.4 Å². The fraction of sp³-hybridized carbons (Fsp3) is 0.161. The number of carbonyl (C=O) groups excluding carboxylic acids is 1. The third-order valence-electron chi connectivity index (χ3n) is 7.17. The standard InChI is InChI=1S/C31H28FN7O2/c1-17(2)30(40)37-22-8-6-9-23(19(22)4)38-13-14-39-29-27(28(33)34-16-35-29)26(31(38)39)20-11-12-24(21(32)15-20)41-25-10-5-7-18(3)36-25/h5-12,15-16H,1,13-14H2,2-4H3,(H,37,40)(H2,33,34,35). The molecule has 10 heteroatoms. The first-order valence-electron chi connectivity index (χ1n) is 13.1. The number of nitrogen functional groups attached to an aromatic ring is 1. The summed E-state index contributed by atoms with van der Waals surface area (Å²) in [5.41, 5.74) is 12.0. The van der Waals surface area contributed by atoms with Crippen LogP contribution in [0.15, 0.2) is 73.1 Å². The lowest BCUT2D eigenvalue weighted by Gasteiger charge is -2.23. The van der Waals surface area contributed by atoms with E-state index in [2.05, 4.69) is 36.3 Å². The highest BCUT2D eigenvalue weighted by Crippen LogP contribution is 2.48. The first-order chi connectivity index (χ1) is 19.7. The summed E-state index contributed by atoms with van der Waals surface area (Å²) in [4.78, 5) is 27.6. The Morgan fingerprint density at radius 1 is 1.10 bits per heavy atom. The molecule has 41 heavy (non-hydrogen) atoms. The highest BCUT2D eigenvalue weighted by molar-refractivity contribution is 6.08. The van der Waals surface area contributed by atoms with Crippen molar-refractivity contribution in [2.24, 2.45) is 0 Å².